The number of aromatic nitrogens is 4. The van der Waals surface area contributed by atoms with Crippen molar-refractivity contribution in [3.8, 4) is 11.3 Å². The number of aliphatic hydroxyl groups excluding tert-OH is 1. The van der Waals surface area contributed by atoms with E-state index < -0.39 is 6.61 Å². The number of fused-ring (bicyclic) bond motifs is 3. The molecule has 1 aromatic carbocycles. The highest BCUT2D eigenvalue weighted by atomic mass is 16.5. The molecule has 2 fully saturated rings. The van der Waals surface area contributed by atoms with E-state index in [2.05, 4.69) is 57.3 Å². The molecule has 2 amide bonds. The van der Waals surface area contributed by atoms with Gasteiger partial charge in [0.15, 0.2) is 5.82 Å². The molecule has 0 saturated carbocycles. The predicted octanol–water partition coefficient (Wildman–Crippen LogP) is 4.40. The molecule has 3 aliphatic heterocycles. The van der Waals surface area contributed by atoms with Gasteiger partial charge in [0.25, 0.3) is 11.5 Å². The molecule has 1 atom stereocenters. The Kier molecular flexibility index (Phi) is 9.83. The number of rotatable bonds is 9. The van der Waals surface area contributed by atoms with Gasteiger partial charge in [-0.3, -0.25) is 24.2 Å². The molecule has 0 radical (unpaired) electrons. The van der Waals surface area contributed by atoms with E-state index in [-0.39, 0.29) is 34.6 Å². The van der Waals surface area contributed by atoms with Gasteiger partial charge in [0.1, 0.15) is 11.5 Å². The van der Waals surface area contributed by atoms with Gasteiger partial charge in [-0.2, -0.15) is 0 Å². The average Bonchev–Trinajstić information content (AvgIpc) is 3.56. The predicted molar refractivity (Wildman–Crippen MR) is 217 cm³/mol. The van der Waals surface area contributed by atoms with Gasteiger partial charge < -0.3 is 34.5 Å². The normalized spacial score (nSPS) is 19.6. The van der Waals surface area contributed by atoms with Crippen molar-refractivity contribution in [2.24, 2.45) is 12.5 Å². The molecule has 1 aliphatic carbocycles. The lowest BCUT2D eigenvalue weighted by Crippen LogP contribution is -2.59. The monoisotopic (exact) mass is 761 g/mol. The smallest absolute Gasteiger partial charge is 0.293 e. The minimum atomic E-state index is -0.393. The van der Waals surface area contributed by atoms with Crippen molar-refractivity contribution in [1.82, 2.24) is 24.0 Å². The van der Waals surface area contributed by atoms with E-state index in [1.165, 1.54) is 21.9 Å². The first-order chi connectivity index (χ1) is 26.8. The number of ether oxygens (including phenoxy) is 1. The average molecular weight is 762 g/mol. The van der Waals surface area contributed by atoms with Crippen molar-refractivity contribution in [3.05, 3.63) is 87.7 Å². The SMILES string of the molecule is C=CC(=O)Nc1cc(Nc2nc(-c3ccnc(N4CCCn5c(cc6c5CC(C)(C)C6)C4=O)c3CO)cn(C)c2=O)cc(C)c1N1CCN(C2COC2)CC1C. The van der Waals surface area contributed by atoms with Gasteiger partial charge >= 0.3 is 0 Å². The van der Waals surface area contributed by atoms with Crippen molar-refractivity contribution in [2.45, 2.75) is 72.2 Å². The zero-order valence-electron chi connectivity index (χ0n) is 32.9. The molecule has 14 heteroatoms. The van der Waals surface area contributed by atoms with E-state index in [0.717, 1.165) is 69.9 Å². The van der Waals surface area contributed by atoms with Gasteiger partial charge in [0, 0.05) is 80.7 Å². The molecule has 0 spiro atoms. The van der Waals surface area contributed by atoms with Crippen LogP contribution in [-0.4, -0.2) is 92.4 Å². The van der Waals surface area contributed by atoms with Gasteiger partial charge in [-0.15, -0.1) is 0 Å². The number of hydrogen-bond donors (Lipinski definition) is 3. The van der Waals surface area contributed by atoms with Crippen molar-refractivity contribution < 1.29 is 19.4 Å². The maximum Gasteiger partial charge on any atom is 0.293 e. The molecule has 8 rings (SSSR count). The molecular weight excluding hydrogens is 711 g/mol. The van der Waals surface area contributed by atoms with E-state index in [1.807, 2.05) is 25.1 Å². The second kappa shape index (κ2) is 14.6. The third-order valence-corrected chi connectivity index (χ3v) is 11.7. The summed E-state index contributed by atoms with van der Waals surface area (Å²) in [5.74, 6) is -0.0513. The van der Waals surface area contributed by atoms with Gasteiger partial charge in [0.2, 0.25) is 5.91 Å². The molecule has 1 unspecified atom stereocenters. The Labute approximate surface area is 326 Å². The Morgan fingerprint density at radius 1 is 1.12 bits per heavy atom. The lowest BCUT2D eigenvalue weighted by molar-refractivity contribution is -0.111. The molecular formula is C42H51N9O5. The first-order valence-corrected chi connectivity index (χ1v) is 19.5. The second-order valence-electron chi connectivity index (χ2n) is 16.4. The quantitative estimate of drug-likeness (QED) is 0.210. The summed E-state index contributed by atoms with van der Waals surface area (Å²) < 4.78 is 9.05. The summed E-state index contributed by atoms with van der Waals surface area (Å²) in [5, 5.41) is 17.1. The lowest BCUT2D eigenvalue weighted by Gasteiger charge is -2.47. The fourth-order valence-electron chi connectivity index (χ4n) is 8.96. The maximum absolute atomic E-state index is 14.2. The summed E-state index contributed by atoms with van der Waals surface area (Å²) in [4.78, 5) is 56.4. The van der Waals surface area contributed by atoms with E-state index in [4.69, 9.17) is 9.72 Å². The molecule has 56 heavy (non-hydrogen) atoms. The fourth-order valence-corrected chi connectivity index (χ4v) is 8.96. The molecule has 3 N–H and O–H groups in total. The van der Waals surface area contributed by atoms with Crippen LogP contribution >= 0.6 is 0 Å². The number of benzene rings is 1. The summed E-state index contributed by atoms with van der Waals surface area (Å²) >= 11 is 0. The Morgan fingerprint density at radius 3 is 2.64 bits per heavy atom. The highest BCUT2D eigenvalue weighted by Gasteiger charge is 2.37. The zero-order valence-corrected chi connectivity index (χ0v) is 32.9. The number of nitrogens with one attached hydrogen (secondary N) is 2. The largest absolute Gasteiger partial charge is 0.392 e. The van der Waals surface area contributed by atoms with E-state index in [0.29, 0.717) is 52.3 Å². The number of piperazine rings is 1. The Balaban J connectivity index is 1.11. The highest BCUT2D eigenvalue weighted by molar-refractivity contribution is 6.06. The summed E-state index contributed by atoms with van der Waals surface area (Å²) in [5.41, 5.74) is 7.34. The highest BCUT2D eigenvalue weighted by Crippen LogP contribution is 2.40. The van der Waals surface area contributed by atoms with Crippen LogP contribution in [0.4, 0.5) is 28.7 Å². The Hall–Kier alpha value is -5.31. The number of anilines is 5. The Morgan fingerprint density at radius 2 is 1.93 bits per heavy atom. The van der Waals surface area contributed by atoms with Crippen LogP contribution in [0, 0.1) is 12.3 Å². The summed E-state index contributed by atoms with van der Waals surface area (Å²) in [6, 6.07) is 8.18. The summed E-state index contributed by atoms with van der Waals surface area (Å²) in [6.07, 6.45) is 7.07. The van der Waals surface area contributed by atoms with Crippen molar-refractivity contribution in [1.29, 1.82) is 0 Å². The number of carbonyl (C=O) groups excluding carboxylic acids is 2. The number of nitrogens with zero attached hydrogens (tertiary/aromatic N) is 7. The molecule has 4 aliphatic rings. The second-order valence-corrected chi connectivity index (χ2v) is 16.4. The number of aliphatic hydroxyl groups is 1. The molecule has 294 valence electrons. The summed E-state index contributed by atoms with van der Waals surface area (Å²) in [6.45, 7) is 17.2. The number of hydrogen-bond acceptors (Lipinski definition) is 10. The third kappa shape index (κ3) is 6.79. The molecule has 14 nitrogen and oxygen atoms in total. The molecule has 6 heterocycles. The standard InChI is InChI=1S/C42H51N9O5/c1-7-36(53)45-32-17-28(15-25(2)37(32)49-14-13-48(20-26(49)3)29-23-56-24-29)44-38-41(55)47(6)21-33(46-38)30-9-10-43-39(31(30)22-52)51-12-8-11-50-34(40(51)54)16-27-18-42(4,5)19-35(27)50/h7,9-10,15-17,21,26,29,52H,1,8,11-14,18-20,22-24H2,2-6H3,(H,44,46)(H,45,53). The van der Waals surface area contributed by atoms with Gasteiger partial charge in [-0.1, -0.05) is 20.4 Å². The van der Waals surface area contributed by atoms with Crippen LogP contribution in [0.2, 0.25) is 0 Å². The fraction of sp³-hybridized carbons (Fsp3) is 0.452. The van der Waals surface area contributed by atoms with Crippen LogP contribution in [-0.2, 0) is 42.6 Å². The van der Waals surface area contributed by atoms with Crippen LogP contribution in [0.15, 0.2) is 54.1 Å². The summed E-state index contributed by atoms with van der Waals surface area (Å²) in [7, 11) is 1.65. The minimum absolute atomic E-state index is 0.0613. The van der Waals surface area contributed by atoms with E-state index in [1.54, 1.807) is 30.4 Å². The molecule has 0 bridgehead atoms. The molecule has 2 saturated heterocycles. The Bertz CT molecular complexity index is 2290. The van der Waals surface area contributed by atoms with Crippen LogP contribution < -0.4 is 26.0 Å². The lowest BCUT2D eigenvalue weighted by atomic mass is 9.90. The van der Waals surface area contributed by atoms with Crippen LogP contribution in [0.25, 0.3) is 11.3 Å². The van der Waals surface area contributed by atoms with Crippen LogP contribution in [0.3, 0.4) is 0 Å². The van der Waals surface area contributed by atoms with Crippen molar-refractivity contribution in [2.75, 3.05) is 59.8 Å². The first kappa shape index (κ1) is 37.6. The molecule has 4 aromatic rings. The van der Waals surface area contributed by atoms with Gasteiger partial charge in [-0.25, -0.2) is 9.97 Å². The first-order valence-electron chi connectivity index (χ1n) is 19.5. The van der Waals surface area contributed by atoms with Gasteiger partial charge in [-0.05, 0) is 80.0 Å². The number of amides is 2. The van der Waals surface area contributed by atoms with Crippen molar-refractivity contribution in [3.63, 3.8) is 0 Å². The number of pyridine rings is 1. The van der Waals surface area contributed by atoms with Gasteiger partial charge in [0.05, 0.1) is 42.9 Å². The maximum atomic E-state index is 14.2. The van der Waals surface area contributed by atoms with E-state index >= 15 is 0 Å². The van der Waals surface area contributed by atoms with Crippen molar-refractivity contribution >= 4 is 40.5 Å². The topological polar surface area (TPSA) is 150 Å². The zero-order chi connectivity index (χ0) is 39.5. The number of carbonyl (C=O) groups is 2. The number of aryl methyl sites for hydroxylation is 2. The molecule has 3 aromatic heterocycles. The van der Waals surface area contributed by atoms with E-state index in [9.17, 15) is 19.5 Å². The van der Waals surface area contributed by atoms with Crippen LogP contribution in [0.1, 0.15) is 60.1 Å². The van der Waals surface area contributed by atoms with Crippen LogP contribution in [0.5, 0.6) is 0 Å². The third-order valence-electron chi connectivity index (χ3n) is 11.7. The minimum Gasteiger partial charge on any atom is -0.392 e.